The standard InChI is InChI=1S/C33H47N5O7Si/c1-10-33(32(16-17-32)45-46(8,9)31(5,6)7)25(42-18-22-14-12-11-13-15-22)24(43-21(4)39)29(44-33)38-19-34-23-26(38)35-30(37-28(23)41)36-27(40)20(2)3/h11-15,19-20,24-25,29H,10,16-18H2,1-9H3,(H2,35,36,37,40,41)/t24?,25-,29-,33-/m1/s1. The van der Waals surface area contributed by atoms with Gasteiger partial charge in [-0.15, -0.1) is 0 Å². The number of carbonyl (C=O) groups excluding carboxylic acids is 2. The van der Waals surface area contributed by atoms with Gasteiger partial charge in [0.15, 0.2) is 31.8 Å². The molecule has 1 amide bonds. The number of nitrogens with one attached hydrogen (secondary N) is 2. The van der Waals surface area contributed by atoms with Crippen LogP contribution in [-0.2, 0) is 34.8 Å². The second-order valence-corrected chi connectivity index (χ2v) is 19.0. The quantitative estimate of drug-likeness (QED) is 0.203. The van der Waals surface area contributed by atoms with Gasteiger partial charge in [0.1, 0.15) is 11.7 Å². The van der Waals surface area contributed by atoms with Crippen molar-refractivity contribution < 1.29 is 28.2 Å². The van der Waals surface area contributed by atoms with Crippen molar-refractivity contribution in [3.05, 3.63) is 52.6 Å². The number of rotatable bonds is 11. The first-order valence-corrected chi connectivity index (χ1v) is 18.9. The Morgan fingerprint density at radius 3 is 2.43 bits per heavy atom. The molecule has 1 saturated carbocycles. The van der Waals surface area contributed by atoms with Crippen LogP contribution in [0.3, 0.4) is 0 Å². The van der Waals surface area contributed by atoms with Crippen molar-refractivity contribution in [1.82, 2.24) is 19.5 Å². The molecule has 2 aromatic heterocycles. The molecule has 0 bridgehead atoms. The predicted octanol–water partition coefficient (Wildman–Crippen LogP) is 5.46. The van der Waals surface area contributed by atoms with Crippen LogP contribution in [0.25, 0.3) is 11.2 Å². The average Bonchev–Trinajstić information content (AvgIpc) is 3.51. The van der Waals surface area contributed by atoms with Gasteiger partial charge in [-0.25, -0.2) is 4.98 Å². The second-order valence-electron chi connectivity index (χ2n) is 14.3. The fraction of sp³-hybridized carbons (Fsp3) is 0.606. The summed E-state index contributed by atoms with van der Waals surface area (Å²) in [4.78, 5) is 49.8. The molecule has 4 atom stereocenters. The maximum absolute atomic E-state index is 13.1. The number of carbonyl (C=O) groups is 2. The molecule has 2 N–H and O–H groups in total. The minimum Gasteiger partial charge on any atom is -0.455 e. The number of fused-ring (bicyclic) bond motifs is 1. The first kappa shape index (κ1) is 34.0. The van der Waals surface area contributed by atoms with Crippen LogP contribution in [0.2, 0.25) is 18.1 Å². The average molecular weight is 654 g/mol. The topological polar surface area (TPSA) is 147 Å². The van der Waals surface area contributed by atoms with E-state index >= 15 is 0 Å². The van der Waals surface area contributed by atoms with Gasteiger partial charge < -0.3 is 18.6 Å². The lowest BCUT2D eigenvalue weighted by atomic mass is 9.84. The van der Waals surface area contributed by atoms with E-state index in [1.54, 1.807) is 18.4 Å². The lowest BCUT2D eigenvalue weighted by Crippen LogP contribution is -2.60. The lowest BCUT2D eigenvalue weighted by Gasteiger charge is -2.47. The van der Waals surface area contributed by atoms with Crippen molar-refractivity contribution in [1.29, 1.82) is 0 Å². The minimum absolute atomic E-state index is 0.0152. The molecule has 1 saturated heterocycles. The Kier molecular flexibility index (Phi) is 9.10. The molecule has 12 nitrogen and oxygen atoms in total. The number of anilines is 1. The van der Waals surface area contributed by atoms with Gasteiger partial charge in [0.2, 0.25) is 11.9 Å². The molecule has 2 aliphatic rings. The molecule has 1 aliphatic carbocycles. The number of aromatic amines is 1. The largest absolute Gasteiger partial charge is 0.455 e. The van der Waals surface area contributed by atoms with Crippen LogP contribution >= 0.6 is 0 Å². The molecule has 3 aromatic rings. The number of H-pyrrole nitrogens is 1. The van der Waals surface area contributed by atoms with Crippen molar-refractivity contribution in [2.45, 2.75) is 122 Å². The number of hydrogen-bond donors (Lipinski definition) is 2. The number of hydrogen-bond acceptors (Lipinski definition) is 9. The van der Waals surface area contributed by atoms with E-state index in [9.17, 15) is 14.4 Å². The molecule has 0 spiro atoms. The molecule has 13 heteroatoms. The molecule has 46 heavy (non-hydrogen) atoms. The Hall–Kier alpha value is -3.39. The van der Waals surface area contributed by atoms with E-state index in [1.807, 2.05) is 37.3 Å². The monoisotopic (exact) mass is 653 g/mol. The summed E-state index contributed by atoms with van der Waals surface area (Å²) < 4.78 is 28.8. The Morgan fingerprint density at radius 1 is 1.20 bits per heavy atom. The van der Waals surface area contributed by atoms with Gasteiger partial charge in [0.25, 0.3) is 5.56 Å². The lowest BCUT2D eigenvalue weighted by molar-refractivity contribution is -0.184. The SMILES string of the molecule is CC[C@@]1(C2(O[Si](C)(C)C(C)(C)C)CC2)O[C@@H](n2cnc3c(=O)[nH]c(NC(=O)C(C)C)nc32)C(OC(C)=O)[C@H]1OCc1ccccc1. The van der Waals surface area contributed by atoms with Crippen LogP contribution in [0.15, 0.2) is 41.5 Å². The zero-order valence-electron chi connectivity index (χ0n) is 28.3. The van der Waals surface area contributed by atoms with Gasteiger partial charge in [-0.2, -0.15) is 4.98 Å². The normalized spacial score (nSPS) is 24.3. The van der Waals surface area contributed by atoms with Crippen molar-refractivity contribution >= 4 is 37.3 Å². The van der Waals surface area contributed by atoms with Gasteiger partial charge in [-0.05, 0) is 43.0 Å². The van der Waals surface area contributed by atoms with Crippen LogP contribution < -0.4 is 10.9 Å². The molecule has 1 unspecified atom stereocenters. The third kappa shape index (κ3) is 6.17. The number of amides is 1. The highest BCUT2D eigenvalue weighted by molar-refractivity contribution is 6.74. The van der Waals surface area contributed by atoms with Gasteiger partial charge in [0.05, 0.1) is 18.5 Å². The number of ether oxygens (including phenoxy) is 3. The molecule has 1 aromatic carbocycles. The summed E-state index contributed by atoms with van der Waals surface area (Å²) in [7, 11) is -2.31. The Labute approximate surface area is 270 Å². The highest BCUT2D eigenvalue weighted by Crippen LogP contribution is 2.62. The number of esters is 1. The van der Waals surface area contributed by atoms with Crippen LogP contribution in [-0.4, -0.2) is 63.1 Å². The zero-order chi connectivity index (χ0) is 33.7. The fourth-order valence-electron chi connectivity index (χ4n) is 6.05. The maximum atomic E-state index is 13.1. The Bertz CT molecular complexity index is 1640. The van der Waals surface area contributed by atoms with Gasteiger partial charge in [-0.1, -0.05) is 71.9 Å². The van der Waals surface area contributed by atoms with E-state index in [4.69, 9.17) is 18.6 Å². The predicted molar refractivity (Wildman–Crippen MR) is 176 cm³/mol. The van der Waals surface area contributed by atoms with Gasteiger partial charge in [-0.3, -0.25) is 29.3 Å². The first-order valence-electron chi connectivity index (χ1n) is 16.0. The number of nitrogens with zero attached hydrogens (tertiary/aromatic N) is 3. The van der Waals surface area contributed by atoms with E-state index in [1.165, 1.54) is 13.3 Å². The highest BCUT2D eigenvalue weighted by Gasteiger charge is 2.73. The molecule has 0 radical (unpaired) electrons. The van der Waals surface area contributed by atoms with Crippen molar-refractivity contribution in [2.24, 2.45) is 5.92 Å². The van der Waals surface area contributed by atoms with E-state index in [2.05, 4.69) is 54.1 Å². The third-order valence-electron chi connectivity index (χ3n) is 9.67. The third-order valence-corrected chi connectivity index (χ3v) is 14.2. The summed E-state index contributed by atoms with van der Waals surface area (Å²) in [5.41, 5.74) is -1.04. The van der Waals surface area contributed by atoms with Gasteiger partial charge in [0, 0.05) is 12.8 Å². The molecule has 3 heterocycles. The molecule has 250 valence electrons. The van der Waals surface area contributed by atoms with E-state index < -0.39 is 49.5 Å². The summed E-state index contributed by atoms with van der Waals surface area (Å²) in [6.45, 7) is 18.2. The summed E-state index contributed by atoms with van der Waals surface area (Å²) >= 11 is 0. The minimum atomic E-state index is -2.31. The van der Waals surface area contributed by atoms with E-state index in [0.29, 0.717) is 6.42 Å². The Morgan fingerprint density at radius 2 is 1.87 bits per heavy atom. The van der Waals surface area contributed by atoms with Gasteiger partial charge >= 0.3 is 5.97 Å². The molecule has 1 aliphatic heterocycles. The summed E-state index contributed by atoms with van der Waals surface area (Å²) in [5.74, 6) is -1.16. The van der Waals surface area contributed by atoms with Crippen molar-refractivity contribution in [2.75, 3.05) is 5.32 Å². The van der Waals surface area contributed by atoms with Crippen molar-refractivity contribution in [3.8, 4) is 0 Å². The highest BCUT2D eigenvalue weighted by atomic mass is 28.4. The molecular formula is C33H47N5O7Si. The van der Waals surface area contributed by atoms with Crippen molar-refractivity contribution in [3.63, 3.8) is 0 Å². The molecule has 2 fully saturated rings. The summed E-state index contributed by atoms with van der Waals surface area (Å²) in [6.07, 6.45) is 0.838. The number of imidazole rings is 1. The van der Waals surface area contributed by atoms with Crippen LogP contribution in [0.5, 0.6) is 0 Å². The van der Waals surface area contributed by atoms with E-state index in [-0.39, 0.29) is 40.6 Å². The fourth-order valence-corrected chi connectivity index (χ4v) is 7.71. The van der Waals surface area contributed by atoms with Crippen LogP contribution in [0.1, 0.15) is 79.5 Å². The van der Waals surface area contributed by atoms with Crippen LogP contribution in [0.4, 0.5) is 5.95 Å². The maximum Gasteiger partial charge on any atom is 0.303 e. The van der Waals surface area contributed by atoms with Crippen LogP contribution in [0, 0.1) is 5.92 Å². The summed E-state index contributed by atoms with van der Waals surface area (Å²) in [5, 5.41) is 2.60. The number of aromatic nitrogens is 4. The first-order chi connectivity index (χ1) is 21.5. The Balaban J connectivity index is 1.65. The zero-order valence-corrected chi connectivity index (χ0v) is 29.3. The summed E-state index contributed by atoms with van der Waals surface area (Å²) in [6, 6.07) is 9.80. The van der Waals surface area contributed by atoms with E-state index in [0.717, 1.165) is 18.4 Å². The molecular weight excluding hydrogens is 606 g/mol. The smallest absolute Gasteiger partial charge is 0.303 e. The number of benzene rings is 1. The molecule has 5 rings (SSSR count). The second kappa shape index (κ2) is 12.3.